The Morgan fingerprint density at radius 3 is 3.00 bits per heavy atom. The van der Waals surface area contributed by atoms with Gasteiger partial charge >= 0.3 is 0 Å². The van der Waals surface area contributed by atoms with Gasteiger partial charge in [-0.2, -0.15) is 0 Å². The van der Waals surface area contributed by atoms with Crippen LogP contribution in [0.5, 0.6) is 5.75 Å². The second-order valence-corrected chi connectivity index (χ2v) is 4.74. The minimum absolute atomic E-state index is 0.292. The second-order valence-electron chi connectivity index (χ2n) is 2.66. The first-order valence-electron chi connectivity index (χ1n) is 3.70. The molecular formula is C9H6BrIO2. The molecule has 4 heteroatoms. The van der Waals surface area contributed by atoms with Gasteiger partial charge < -0.3 is 9.84 Å². The van der Waals surface area contributed by atoms with Crippen LogP contribution < -0.4 is 4.74 Å². The van der Waals surface area contributed by atoms with Crippen LogP contribution in [0.1, 0.15) is 5.56 Å². The van der Waals surface area contributed by atoms with E-state index in [0.29, 0.717) is 12.4 Å². The van der Waals surface area contributed by atoms with Crippen LogP contribution in [0, 0.1) is 3.57 Å². The monoisotopic (exact) mass is 352 g/mol. The van der Waals surface area contributed by atoms with Crippen molar-refractivity contribution in [2.45, 2.75) is 0 Å². The summed E-state index contributed by atoms with van der Waals surface area (Å²) in [5.74, 6) is 1.06. The molecule has 1 aliphatic heterocycles. The molecule has 2 rings (SSSR count). The number of hydrogen-bond donors (Lipinski definition) is 1. The number of aliphatic hydroxyl groups excluding tert-OH is 1. The Morgan fingerprint density at radius 2 is 2.23 bits per heavy atom. The van der Waals surface area contributed by atoms with Crippen molar-refractivity contribution >= 4 is 44.3 Å². The Balaban J connectivity index is 2.66. The lowest BCUT2D eigenvalue weighted by molar-refractivity contribution is 0.343. The second kappa shape index (κ2) is 3.49. The third-order valence-electron chi connectivity index (χ3n) is 1.79. The third kappa shape index (κ3) is 1.69. The summed E-state index contributed by atoms with van der Waals surface area (Å²) in [6, 6.07) is 3.81. The van der Waals surface area contributed by atoms with Crippen molar-refractivity contribution in [3.05, 3.63) is 31.8 Å². The number of halogens is 2. The topological polar surface area (TPSA) is 29.5 Å². The largest absolute Gasteiger partial charge is 0.507 e. The number of rotatable bonds is 0. The van der Waals surface area contributed by atoms with Crippen molar-refractivity contribution in [3.63, 3.8) is 0 Å². The maximum atomic E-state index is 9.57. The SMILES string of the molecule is OC1=CCOc2c(I)cc(Br)cc21. The Kier molecular flexibility index (Phi) is 2.51. The van der Waals surface area contributed by atoms with Gasteiger partial charge in [0.15, 0.2) is 0 Å². The first-order chi connectivity index (χ1) is 6.18. The summed E-state index contributed by atoms with van der Waals surface area (Å²) in [6.45, 7) is 0.441. The zero-order valence-electron chi connectivity index (χ0n) is 6.55. The molecule has 0 unspecified atom stereocenters. The van der Waals surface area contributed by atoms with E-state index in [-0.39, 0.29) is 0 Å². The van der Waals surface area contributed by atoms with Crippen LogP contribution >= 0.6 is 38.5 Å². The number of aliphatic hydroxyl groups is 1. The van der Waals surface area contributed by atoms with Crippen molar-refractivity contribution in [1.29, 1.82) is 0 Å². The molecule has 1 aliphatic rings. The molecule has 0 amide bonds. The molecule has 0 saturated carbocycles. The molecular weight excluding hydrogens is 347 g/mol. The van der Waals surface area contributed by atoms with E-state index in [0.717, 1.165) is 19.4 Å². The molecule has 0 atom stereocenters. The zero-order chi connectivity index (χ0) is 9.42. The van der Waals surface area contributed by atoms with Gasteiger partial charge in [-0.1, -0.05) is 15.9 Å². The van der Waals surface area contributed by atoms with E-state index in [1.54, 1.807) is 6.08 Å². The van der Waals surface area contributed by atoms with Gasteiger partial charge in [0.2, 0.25) is 0 Å². The van der Waals surface area contributed by atoms with Crippen molar-refractivity contribution in [1.82, 2.24) is 0 Å². The molecule has 0 bridgehead atoms. The van der Waals surface area contributed by atoms with Crippen molar-refractivity contribution in [2.75, 3.05) is 6.61 Å². The van der Waals surface area contributed by atoms with Gasteiger partial charge in [-0.25, -0.2) is 0 Å². The summed E-state index contributed by atoms with van der Waals surface area (Å²) in [4.78, 5) is 0. The highest BCUT2D eigenvalue weighted by Gasteiger charge is 2.16. The van der Waals surface area contributed by atoms with E-state index in [1.807, 2.05) is 12.1 Å². The Hall–Kier alpha value is -0.230. The predicted octanol–water partition coefficient (Wildman–Crippen LogP) is 3.35. The van der Waals surface area contributed by atoms with Crippen LogP contribution in [0.4, 0.5) is 0 Å². The van der Waals surface area contributed by atoms with E-state index in [4.69, 9.17) is 4.74 Å². The van der Waals surface area contributed by atoms with Crippen LogP contribution in [-0.4, -0.2) is 11.7 Å². The third-order valence-corrected chi connectivity index (χ3v) is 3.05. The summed E-state index contributed by atoms with van der Waals surface area (Å²) in [7, 11) is 0. The fourth-order valence-electron chi connectivity index (χ4n) is 1.21. The van der Waals surface area contributed by atoms with Crippen LogP contribution in [0.15, 0.2) is 22.7 Å². The molecule has 0 saturated heterocycles. The Bertz CT molecular complexity index is 387. The van der Waals surface area contributed by atoms with E-state index < -0.39 is 0 Å². The first kappa shape index (κ1) is 9.33. The lowest BCUT2D eigenvalue weighted by atomic mass is 10.1. The highest BCUT2D eigenvalue weighted by molar-refractivity contribution is 14.1. The lowest BCUT2D eigenvalue weighted by Gasteiger charge is -2.16. The molecule has 0 spiro atoms. The van der Waals surface area contributed by atoms with Crippen molar-refractivity contribution < 1.29 is 9.84 Å². The van der Waals surface area contributed by atoms with E-state index in [2.05, 4.69) is 38.5 Å². The number of ether oxygens (including phenoxy) is 1. The minimum atomic E-state index is 0.292. The molecule has 1 aromatic rings. The maximum Gasteiger partial charge on any atom is 0.144 e. The highest BCUT2D eigenvalue weighted by Crippen LogP contribution is 2.35. The van der Waals surface area contributed by atoms with Crippen LogP contribution in [-0.2, 0) is 0 Å². The van der Waals surface area contributed by atoms with Gasteiger partial charge in [-0.05, 0) is 40.8 Å². The first-order valence-corrected chi connectivity index (χ1v) is 5.57. The van der Waals surface area contributed by atoms with Crippen LogP contribution in [0.2, 0.25) is 0 Å². The molecule has 0 aliphatic carbocycles. The smallest absolute Gasteiger partial charge is 0.144 e. The molecule has 0 fully saturated rings. The Labute approximate surface area is 97.9 Å². The summed E-state index contributed by atoms with van der Waals surface area (Å²) in [5.41, 5.74) is 0.755. The molecule has 1 N–H and O–H groups in total. The summed E-state index contributed by atoms with van der Waals surface area (Å²) >= 11 is 5.56. The average Bonchev–Trinajstić information content (AvgIpc) is 2.07. The number of fused-ring (bicyclic) bond motifs is 1. The average molecular weight is 353 g/mol. The lowest BCUT2D eigenvalue weighted by Crippen LogP contribution is -2.05. The quantitative estimate of drug-likeness (QED) is 0.725. The van der Waals surface area contributed by atoms with Crippen LogP contribution in [0.25, 0.3) is 5.76 Å². The molecule has 1 aromatic carbocycles. The van der Waals surface area contributed by atoms with E-state index >= 15 is 0 Å². The van der Waals surface area contributed by atoms with Gasteiger partial charge in [-0.3, -0.25) is 0 Å². The summed E-state index contributed by atoms with van der Waals surface area (Å²) in [6.07, 6.45) is 1.66. The normalized spacial score (nSPS) is 14.5. The molecule has 1 heterocycles. The maximum absolute atomic E-state index is 9.57. The van der Waals surface area contributed by atoms with Gasteiger partial charge in [0.1, 0.15) is 18.1 Å². The van der Waals surface area contributed by atoms with Crippen molar-refractivity contribution in [3.8, 4) is 5.75 Å². The van der Waals surface area contributed by atoms with E-state index in [9.17, 15) is 5.11 Å². The zero-order valence-corrected chi connectivity index (χ0v) is 10.3. The molecule has 68 valence electrons. The molecule has 13 heavy (non-hydrogen) atoms. The van der Waals surface area contributed by atoms with Gasteiger partial charge in [0.25, 0.3) is 0 Å². The van der Waals surface area contributed by atoms with Crippen LogP contribution in [0.3, 0.4) is 0 Å². The minimum Gasteiger partial charge on any atom is -0.507 e. The van der Waals surface area contributed by atoms with Gasteiger partial charge in [0, 0.05) is 4.47 Å². The number of hydrogen-bond acceptors (Lipinski definition) is 2. The van der Waals surface area contributed by atoms with E-state index in [1.165, 1.54) is 0 Å². The standard InChI is InChI=1S/C9H6BrIO2/c10-5-3-6-8(12)1-2-13-9(6)7(11)4-5/h1,3-4,12H,2H2. The molecule has 0 aromatic heterocycles. The molecule has 0 radical (unpaired) electrons. The van der Waals surface area contributed by atoms with Gasteiger partial charge in [0.05, 0.1) is 9.13 Å². The summed E-state index contributed by atoms with van der Waals surface area (Å²) in [5, 5.41) is 9.57. The fraction of sp³-hybridized carbons (Fsp3) is 0.111. The predicted molar refractivity (Wildman–Crippen MR) is 63.0 cm³/mol. The molecule has 2 nitrogen and oxygen atoms in total. The summed E-state index contributed by atoms with van der Waals surface area (Å²) < 4.78 is 7.36. The fourth-order valence-corrected chi connectivity index (χ4v) is 2.88. The number of benzene rings is 1. The van der Waals surface area contributed by atoms with Gasteiger partial charge in [-0.15, -0.1) is 0 Å². The van der Waals surface area contributed by atoms with Crippen molar-refractivity contribution in [2.24, 2.45) is 0 Å². The Morgan fingerprint density at radius 1 is 1.46 bits per heavy atom. The highest BCUT2D eigenvalue weighted by atomic mass is 127.